The third-order valence-corrected chi connectivity index (χ3v) is 3.95. The molecule has 2 aliphatic rings. The van der Waals surface area contributed by atoms with E-state index in [1.807, 2.05) is 0 Å². The zero-order valence-electron chi connectivity index (χ0n) is 10.8. The molecule has 0 unspecified atom stereocenters. The summed E-state index contributed by atoms with van der Waals surface area (Å²) in [4.78, 5) is 11.9. The summed E-state index contributed by atoms with van der Waals surface area (Å²) in [7, 11) is 0. The molecule has 3 nitrogen and oxygen atoms in total. The van der Waals surface area contributed by atoms with Gasteiger partial charge in [0.1, 0.15) is 6.17 Å². The smallest absolute Gasteiger partial charge is 0.237 e. The molecule has 4 heteroatoms. The fourth-order valence-corrected chi connectivity index (χ4v) is 3.02. The summed E-state index contributed by atoms with van der Waals surface area (Å²) in [5.74, 6) is -0.0205. The number of carbonyl (C=O) groups is 1. The molecule has 1 amide bonds. The molecule has 98 valence electrons. The number of carbonyl (C=O) groups excluding carboxylic acids is 1. The molecule has 1 heterocycles. The number of nitrogens with one attached hydrogen (secondary N) is 2. The number of hydrogen-bond donors (Lipinski definition) is 2. The van der Waals surface area contributed by atoms with Crippen molar-refractivity contribution in [2.45, 2.75) is 64.2 Å². The molecule has 2 fully saturated rings. The van der Waals surface area contributed by atoms with Gasteiger partial charge in [-0.15, -0.1) is 0 Å². The molecule has 2 rings (SSSR count). The van der Waals surface area contributed by atoms with E-state index < -0.39 is 6.17 Å². The van der Waals surface area contributed by atoms with E-state index in [9.17, 15) is 9.18 Å². The molecule has 0 aromatic rings. The van der Waals surface area contributed by atoms with Gasteiger partial charge in [-0.3, -0.25) is 4.79 Å². The van der Waals surface area contributed by atoms with E-state index in [0.717, 1.165) is 12.8 Å². The molecule has 0 aromatic heterocycles. The first-order chi connectivity index (χ1) is 7.96. The second-order valence-electron chi connectivity index (χ2n) is 6.26. The van der Waals surface area contributed by atoms with Crippen molar-refractivity contribution in [1.29, 1.82) is 0 Å². The first kappa shape index (κ1) is 12.8. The molecule has 0 radical (unpaired) electrons. The van der Waals surface area contributed by atoms with Gasteiger partial charge < -0.3 is 10.6 Å². The van der Waals surface area contributed by atoms with Gasteiger partial charge in [0.15, 0.2) is 0 Å². The van der Waals surface area contributed by atoms with Crippen molar-refractivity contribution in [2.75, 3.05) is 6.54 Å². The van der Waals surface area contributed by atoms with Crippen LogP contribution in [0.3, 0.4) is 0 Å². The normalized spacial score (nSPS) is 36.8. The van der Waals surface area contributed by atoms with Gasteiger partial charge in [0.2, 0.25) is 5.91 Å². The minimum atomic E-state index is -0.867. The van der Waals surface area contributed by atoms with Crippen LogP contribution in [0, 0.1) is 5.41 Å². The van der Waals surface area contributed by atoms with E-state index in [1.54, 1.807) is 0 Å². The van der Waals surface area contributed by atoms with Crippen LogP contribution in [-0.4, -0.2) is 30.7 Å². The van der Waals surface area contributed by atoms with E-state index in [1.165, 1.54) is 12.8 Å². The molecule has 0 aromatic carbocycles. The third-order valence-electron chi connectivity index (χ3n) is 3.95. The zero-order valence-corrected chi connectivity index (χ0v) is 10.8. The highest BCUT2D eigenvalue weighted by Gasteiger charge is 2.33. The van der Waals surface area contributed by atoms with Crippen molar-refractivity contribution in [1.82, 2.24) is 10.6 Å². The zero-order chi connectivity index (χ0) is 12.5. The molecule has 0 bridgehead atoms. The predicted octanol–water partition coefficient (Wildman–Crippen LogP) is 1.77. The Bertz CT molecular complexity index is 293. The van der Waals surface area contributed by atoms with Crippen molar-refractivity contribution >= 4 is 5.91 Å². The van der Waals surface area contributed by atoms with Gasteiger partial charge in [-0.25, -0.2) is 4.39 Å². The van der Waals surface area contributed by atoms with Gasteiger partial charge in [-0.05, 0) is 24.7 Å². The molecule has 0 spiro atoms. The molecule has 3 atom stereocenters. The van der Waals surface area contributed by atoms with Crippen LogP contribution in [0.5, 0.6) is 0 Å². The Kier molecular flexibility index (Phi) is 3.71. The maximum atomic E-state index is 13.0. The van der Waals surface area contributed by atoms with E-state index >= 15 is 0 Å². The number of hydrogen-bond acceptors (Lipinski definition) is 2. The van der Waals surface area contributed by atoms with Gasteiger partial charge in [-0.2, -0.15) is 0 Å². The van der Waals surface area contributed by atoms with Gasteiger partial charge in [0.25, 0.3) is 0 Å². The molecule has 1 saturated carbocycles. The summed E-state index contributed by atoms with van der Waals surface area (Å²) in [6.45, 7) is 4.81. The van der Waals surface area contributed by atoms with Crippen molar-refractivity contribution in [2.24, 2.45) is 5.41 Å². The highest BCUT2D eigenvalue weighted by atomic mass is 19.1. The van der Waals surface area contributed by atoms with Gasteiger partial charge in [-0.1, -0.05) is 20.3 Å². The van der Waals surface area contributed by atoms with Crippen LogP contribution in [0.15, 0.2) is 0 Å². The summed E-state index contributed by atoms with van der Waals surface area (Å²) >= 11 is 0. The molecule has 1 aliphatic carbocycles. The third kappa shape index (κ3) is 3.41. The summed E-state index contributed by atoms with van der Waals surface area (Å²) in [6.07, 6.45) is 3.94. The predicted molar refractivity (Wildman–Crippen MR) is 65.5 cm³/mol. The molecular formula is C13H23FN2O. The molecular weight excluding hydrogens is 219 g/mol. The van der Waals surface area contributed by atoms with Crippen LogP contribution in [0.2, 0.25) is 0 Å². The Morgan fingerprint density at radius 1 is 1.47 bits per heavy atom. The Hall–Kier alpha value is -0.640. The highest BCUT2D eigenvalue weighted by Crippen LogP contribution is 2.35. The lowest BCUT2D eigenvalue weighted by Crippen LogP contribution is -2.47. The fraction of sp³-hybridized carbons (Fsp3) is 0.923. The van der Waals surface area contributed by atoms with Crippen molar-refractivity contribution in [3.05, 3.63) is 0 Å². The molecule has 1 aliphatic heterocycles. The van der Waals surface area contributed by atoms with Crippen LogP contribution >= 0.6 is 0 Å². The first-order valence-electron chi connectivity index (χ1n) is 6.64. The second-order valence-corrected chi connectivity index (χ2v) is 6.26. The van der Waals surface area contributed by atoms with E-state index in [0.29, 0.717) is 18.4 Å². The van der Waals surface area contributed by atoms with Crippen molar-refractivity contribution in [3.8, 4) is 0 Å². The SMILES string of the molecule is CC1(C)CCC[C@H](NC(=O)[C@@H]2C[C@@H](F)CN2)C1. The lowest BCUT2D eigenvalue weighted by atomic mass is 9.75. The molecule has 2 N–H and O–H groups in total. The summed E-state index contributed by atoms with van der Waals surface area (Å²) < 4.78 is 13.0. The van der Waals surface area contributed by atoms with Crippen LogP contribution in [0.1, 0.15) is 46.0 Å². The number of alkyl halides is 1. The Labute approximate surface area is 103 Å². The Morgan fingerprint density at radius 2 is 2.24 bits per heavy atom. The van der Waals surface area contributed by atoms with Gasteiger partial charge >= 0.3 is 0 Å². The topological polar surface area (TPSA) is 41.1 Å². The van der Waals surface area contributed by atoms with Crippen LogP contribution in [0.25, 0.3) is 0 Å². The largest absolute Gasteiger partial charge is 0.352 e. The van der Waals surface area contributed by atoms with Crippen LogP contribution in [0.4, 0.5) is 4.39 Å². The van der Waals surface area contributed by atoms with Crippen molar-refractivity contribution < 1.29 is 9.18 Å². The van der Waals surface area contributed by atoms with Crippen LogP contribution in [-0.2, 0) is 4.79 Å². The van der Waals surface area contributed by atoms with Gasteiger partial charge in [0.05, 0.1) is 6.04 Å². The van der Waals surface area contributed by atoms with E-state index in [2.05, 4.69) is 24.5 Å². The molecule has 1 saturated heterocycles. The lowest BCUT2D eigenvalue weighted by molar-refractivity contribution is -0.124. The maximum absolute atomic E-state index is 13.0. The first-order valence-corrected chi connectivity index (χ1v) is 6.64. The lowest BCUT2D eigenvalue weighted by Gasteiger charge is -2.36. The highest BCUT2D eigenvalue weighted by molar-refractivity contribution is 5.82. The second kappa shape index (κ2) is 4.92. The van der Waals surface area contributed by atoms with Crippen LogP contribution < -0.4 is 10.6 Å². The average molecular weight is 242 g/mol. The maximum Gasteiger partial charge on any atom is 0.237 e. The standard InChI is InChI=1S/C13H23FN2O/c1-13(2)5-3-4-10(7-13)16-12(17)11-6-9(14)8-15-11/h9-11,15H,3-8H2,1-2H3,(H,16,17)/t9-,10+,11+/m1/s1. The minimum Gasteiger partial charge on any atom is -0.352 e. The summed E-state index contributed by atoms with van der Waals surface area (Å²) in [6, 6.07) is -0.0539. The Balaban J connectivity index is 1.82. The van der Waals surface area contributed by atoms with E-state index in [-0.39, 0.29) is 18.0 Å². The van der Waals surface area contributed by atoms with E-state index in [4.69, 9.17) is 0 Å². The monoisotopic (exact) mass is 242 g/mol. The Morgan fingerprint density at radius 3 is 2.82 bits per heavy atom. The number of halogens is 1. The summed E-state index contributed by atoms with van der Waals surface area (Å²) in [5.41, 5.74) is 0.321. The number of rotatable bonds is 2. The van der Waals surface area contributed by atoms with Crippen molar-refractivity contribution in [3.63, 3.8) is 0 Å². The fourth-order valence-electron chi connectivity index (χ4n) is 3.02. The summed E-state index contributed by atoms with van der Waals surface area (Å²) in [5, 5.41) is 6.00. The van der Waals surface area contributed by atoms with Gasteiger partial charge in [0, 0.05) is 19.0 Å². The quantitative estimate of drug-likeness (QED) is 0.775. The average Bonchev–Trinajstić information content (AvgIpc) is 2.63. The minimum absolute atomic E-state index is 0.0205. The number of amides is 1. The molecule has 17 heavy (non-hydrogen) atoms.